The minimum absolute atomic E-state index is 0.0391. The van der Waals surface area contributed by atoms with Crippen molar-refractivity contribution in [2.24, 2.45) is 4.99 Å². The first-order valence-corrected chi connectivity index (χ1v) is 17.0. The Bertz CT molecular complexity index is 1850. The van der Waals surface area contributed by atoms with Crippen molar-refractivity contribution < 1.29 is 27.4 Å². The van der Waals surface area contributed by atoms with Crippen LogP contribution < -0.4 is 10.1 Å². The largest absolute Gasteiger partial charge is 0.490 e. The predicted molar refractivity (Wildman–Crippen MR) is 181 cm³/mol. The summed E-state index contributed by atoms with van der Waals surface area (Å²) >= 11 is 2.63. The molecule has 0 saturated heterocycles. The van der Waals surface area contributed by atoms with E-state index in [2.05, 4.69) is 18.5 Å². The molecule has 0 bridgehead atoms. The Hall–Kier alpha value is -3.97. The van der Waals surface area contributed by atoms with Gasteiger partial charge in [0.25, 0.3) is 0 Å². The van der Waals surface area contributed by atoms with E-state index in [-0.39, 0.29) is 41.7 Å². The molecule has 0 aliphatic carbocycles. The Morgan fingerprint density at radius 3 is 2.79 bits per heavy atom. The summed E-state index contributed by atoms with van der Waals surface area (Å²) in [4.78, 5) is 24.9. The van der Waals surface area contributed by atoms with Gasteiger partial charge in [0.05, 0.1) is 30.1 Å². The van der Waals surface area contributed by atoms with Gasteiger partial charge in [0.2, 0.25) is 5.91 Å². The lowest BCUT2D eigenvalue weighted by Gasteiger charge is -2.24. The van der Waals surface area contributed by atoms with Crippen molar-refractivity contribution in [3.63, 3.8) is 0 Å². The molecule has 1 amide bonds. The van der Waals surface area contributed by atoms with E-state index in [4.69, 9.17) is 19.5 Å². The fourth-order valence-electron chi connectivity index (χ4n) is 5.73. The van der Waals surface area contributed by atoms with Gasteiger partial charge in [0.1, 0.15) is 40.5 Å². The monoisotopic (exact) mass is 678 g/mol. The molecular weight excluding hydrogens is 646 g/mol. The number of hydrogen-bond acceptors (Lipinski definition) is 8. The molecule has 0 saturated carbocycles. The summed E-state index contributed by atoms with van der Waals surface area (Å²) in [5, 5.41) is 5.23. The van der Waals surface area contributed by atoms with Crippen molar-refractivity contribution in [3.8, 4) is 5.75 Å². The number of rotatable bonds is 10. The van der Waals surface area contributed by atoms with E-state index in [9.17, 15) is 9.18 Å². The van der Waals surface area contributed by atoms with Crippen LogP contribution in [0.15, 0.2) is 71.4 Å². The molecule has 3 aliphatic heterocycles. The smallest absolute Gasteiger partial charge is 0.246 e. The SMILES string of the molecule is C=CC(=O)N1CCc2nc(C(=N/C(=C3\CSC=C3F)c3ccc4c(c3)CCNC4)C(=C)c3c(F)cc(F)cc3OCCOC)sc2C1. The lowest BCUT2D eigenvalue weighted by Crippen LogP contribution is -2.34. The first kappa shape index (κ1) is 33.0. The highest BCUT2D eigenvalue weighted by Gasteiger charge is 2.29. The molecule has 7 nitrogen and oxygen atoms in total. The van der Waals surface area contributed by atoms with Crippen LogP contribution in [0.5, 0.6) is 5.75 Å². The number of fused-ring (bicyclic) bond motifs is 2. The molecular formula is C35H33F3N4O3S2. The standard InChI is InChI=1S/C35H33F3N4O3S2/c1-4-31(43)42-10-8-28-30(17-42)47-35(40-28)33(20(2)32-26(37)14-24(36)15-29(32)45-12-11-44-3)41-34(25-18-46-19-27(25)38)22-5-6-23-16-39-9-7-21(23)13-22/h4-6,13-15,19,39H,1-2,7-12,16-18H2,3H3/b34-25+,41-33?. The number of benzene rings is 2. The zero-order valence-corrected chi connectivity index (χ0v) is 27.5. The number of carbonyl (C=O) groups is 1. The average molecular weight is 679 g/mol. The quantitative estimate of drug-likeness (QED) is 0.147. The van der Waals surface area contributed by atoms with Gasteiger partial charge in [0.15, 0.2) is 0 Å². The number of amides is 1. The van der Waals surface area contributed by atoms with E-state index in [1.807, 2.05) is 18.2 Å². The number of ether oxygens (including phenoxy) is 2. The second-order valence-corrected chi connectivity index (χ2v) is 13.1. The van der Waals surface area contributed by atoms with Gasteiger partial charge < -0.3 is 19.7 Å². The molecule has 0 spiro atoms. The Morgan fingerprint density at radius 1 is 1.17 bits per heavy atom. The molecule has 1 aromatic heterocycles. The van der Waals surface area contributed by atoms with E-state index in [0.29, 0.717) is 47.1 Å². The summed E-state index contributed by atoms with van der Waals surface area (Å²) in [5.74, 6) is -2.01. The fraction of sp³-hybridized carbons (Fsp3) is 0.286. The van der Waals surface area contributed by atoms with Crippen molar-refractivity contribution in [3.05, 3.63) is 116 Å². The van der Waals surface area contributed by atoms with E-state index in [0.717, 1.165) is 53.3 Å². The average Bonchev–Trinajstić information content (AvgIpc) is 3.69. The van der Waals surface area contributed by atoms with E-state index in [1.165, 1.54) is 41.7 Å². The Labute approximate surface area is 279 Å². The number of aliphatic imine (C=N–C) groups is 1. The van der Waals surface area contributed by atoms with E-state index < -0.39 is 17.5 Å². The topological polar surface area (TPSA) is 76.1 Å². The van der Waals surface area contributed by atoms with Crippen molar-refractivity contribution >= 4 is 46.0 Å². The summed E-state index contributed by atoms with van der Waals surface area (Å²) in [7, 11) is 1.50. The Balaban J connectivity index is 1.54. The summed E-state index contributed by atoms with van der Waals surface area (Å²) in [5.41, 5.74) is 4.76. The van der Waals surface area contributed by atoms with Crippen LogP contribution >= 0.6 is 23.1 Å². The molecule has 244 valence electrons. The highest BCUT2D eigenvalue weighted by atomic mass is 32.2. The summed E-state index contributed by atoms with van der Waals surface area (Å²) in [6.45, 7) is 10.4. The van der Waals surface area contributed by atoms with Gasteiger partial charge in [-0.05, 0) is 36.2 Å². The van der Waals surface area contributed by atoms with Gasteiger partial charge in [-0.3, -0.25) is 4.79 Å². The molecule has 0 unspecified atom stereocenters. The van der Waals surface area contributed by atoms with Crippen LogP contribution in [0.25, 0.3) is 11.3 Å². The van der Waals surface area contributed by atoms with Crippen molar-refractivity contribution in [2.75, 3.05) is 39.2 Å². The molecule has 3 aromatic rings. The van der Waals surface area contributed by atoms with Crippen LogP contribution in [0.4, 0.5) is 13.2 Å². The van der Waals surface area contributed by atoms with Crippen LogP contribution in [0.2, 0.25) is 0 Å². The number of allylic oxidation sites excluding steroid dienone is 2. The summed E-state index contributed by atoms with van der Waals surface area (Å²) in [6, 6.07) is 7.81. The number of thioether (sulfide) groups is 1. The fourth-order valence-corrected chi connectivity index (χ4v) is 7.68. The zero-order valence-electron chi connectivity index (χ0n) is 25.8. The first-order valence-electron chi connectivity index (χ1n) is 15.1. The van der Waals surface area contributed by atoms with Gasteiger partial charge >= 0.3 is 0 Å². The predicted octanol–water partition coefficient (Wildman–Crippen LogP) is 6.63. The molecule has 0 atom stereocenters. The normalized spacial score (nSPS) is 17.1. The van der Waals surface area contributed by atoms with Gasteiger partial charge in [0, 0.05) is 71.5 Å². The number of aromatic nitrogens is 1. The highest BCUT2D eigenvalue weighted by molar-refractivity contribution is 8.02. The second-order valence-electron chi connectivity index (χ2n) is 11.2. The van der Waals surface area contributed by atoms with Gasteiger partial charge in [-0.25, -0.2) is 23.1 Å². The zero-order chi connectivity index (χ0) is 33.1. The maximum absolute atomic E-state index is 15.7. The lowest BCUT2D eigenvalue weighted by atomic mass is 9.95. The number of methoxy groups -OCH3 is 1. The Morgan fingerprint density at radius 2 is 2.02 bits per heavy atom. The lowest BCUT2D eigenvalue weighted by molar-refractivity contribution is -0.126. The van der Waals surface area contributed by atoms with Crippen LogP contribution in [-0.2, 0) is 35.5 Å². The molecule has 47 heavy (non-hydrogen) atoms. The van der Waals surface area contributed by atoms with E-state index >= 15 is 8.78 Å². The molecule has 2 aromatic carbocycles. The maximum Gasteiger partial charge on any atom is 0.246 e. The van der Waals surface area contributed by atoms with Crippen LogP contribution in [0, 0.1) is 11.6 Å². The number of nitrogens with zero attached hydrogens (tertiary/aromatic N) is 3. The second kappa shape index (κ2) is 14.4. The molecule has 0 radical (unpaired) electrons. The third kappa shape index (κ3) is 7.01. The number of halogens is 3. The number of hydrogen-bond donors (Lipinski definition) is 1. The minimum Gasteiger partial charge on any atom is -0.490 e. The summed E-state index contributed by atoms with van der Waals surface area (Å²) in [6.07, 6.45) is 2.59. The number of thiazole rings is 1. The highest BCUT2D eigenvalue weighted by Crippen LogP contribution is 2.39. The van der Waals surface area contributed by atoms with Crippen molar-refractivity contribution in [1.82, 2.24) is 15.2 Å². The molecule has 1 N–H and O–H groups in total. The van der Waals surface area contributed by atoms with Crippen LogP contribution in [0.1, 0.15) is 37.8 Å². The molecule has 0 fully saturated rings. The maximum atomic E-state index is 15.7. The molecule has 4 heterocycles. The number of carbonyl (C=O) groups excluding carboxylic acids is 1. The Kier molecular flexibility index (Phi) is 10.1. The van der Waals surface area contributed by atoms with Crippen LogP contribution in [0.3, 0.4) is 0 Å². The van der Waals surface area contributed by atoms with Gasteiger partial charge in [-0.2, -0.15) is 0 Å². The summed E-state index contributed by atoms with van der Waals surface area (Å²) < 4.78 is 56.5. The third-order valence-electron chi connectivity index (χ3n) is 8.15. The minimum atomic E-state index is -0.892. The first-order chi connectivity index (χ1) is 22.8. The van der Waals surface area contributed by atoms with Crippen LogP contribution in [-0.4, -0.2) is 60.7 Å². The number of nitrogens with one attached hydrogen (secondary N) is 1. The van der Waals surface area contributed by atoms with Crippen molar-refractivity contribution in [1.29, 1.82) is 0 Å². The third-order valence-corrected chi connectivity index (χ3v) is 10.1. The van der Waals surface area contributed by atoms with Gasteiger partial charge in [-0.1, -0.05) is 25.3 Å². The molecule has 6 rings (SSSR count). The van der Waals surface area contributed by atoms with Crippen molar-refractivity contribution in [2.45, 2.75) is 25.9 Å². The molecule has 3 aliphatic rings. The van der Waals surface area contributed by atoms with E-state index in [1.54, 1.807) is 4.90 Å². The van der Waals surface area contributed by atoms with Gasteiger partial charge in [-0.15, -0.1) is 23.1 Å². The molecule has 12 heteroatoms.